The maximum atomic E-state index is 12.5. The second-order valence-corrected chi connectivity index (χ2v) is 7.53. The molecule has 1 amide bonds. The van der Waals surface area contributed by atoms with Gasteiger partial charge in [0.1, 0.15) is 0 Å². The minimum atomic E-state index is -0.761. The van der Waals surface area contributed by atoms with Crippen molar-refractivity contribution in [2.45, 2.75) is 57.8 Å². The molecule has 1 atom stereocenters. The SMILES string of the molecule is CCCC(C)(N)C(=O)N1CCC(OCc2ccc(Cl)c(Cl)c2)CC1. The number of ether oxygens (including phenoxy) is 1. The summed E-state index contributed by atoms with van der Waals surface area (Å²) >= 11 is 11.9. The first-order chi connectivity index (χ1) is 11.3. The summed E-state index contributed by atoms with van der Waals surface area (Å²) < 4.78 is 5.95. The Labute approximate surface area is 154 Å². The second-order valence-electron chi connectivity index (χ2n) is 6.72. The standard InChI is InChI=1S/C18H26Cl2N2O2/c1-3-8-18(2,21)17(23)22-9-6-14(7-10-22)24-12-13-4-5-15(19)16(20)11-13/h4-5,11,14H,3,6-10,12,21H2,1-2H3. The number of piperidine rings is 1. The van der Waals surface area contributed by atoms with Gasteiger partial charge in [0.2, 0.25) is 5.91 Å². The van der Waals surface area contributed by atoms with Crippen LogP contribution in [0, 0.1) is 0 Å². The summed E-state index contributed by atoms with van der Waals surface area (Å²) in [6.45, 7) is 5.76. The Balaban J connectivity index is 1.80. The van der Waals surface area contributed by atoms with Crippen LogP contribution in [0.1, 0.15) is 45.1 Å². The highest BCUT2D eigenvalue weighted by Gasteiger charge is 2.33. The Morgan fingerprint density at radius 2 is 2.00 bits per heavy atom. The molecule has 0 spiro atoms. The van der Waals surface area contributed by atoms with Gasteiger partial charge in [0.25, 0.3) is 0 Å². The van der Waals surface area contributed by atoms with E-state index in [-0.39, 0.29) is 12.0 Å². The summed E-state index contributed by atoms with van der Waals surface area (Å²) in [6, 6.07) is 5.52. The number of rotatable bonds is 6. The highest BCUT2D eigenvalue weighted by Crippen LogP contribution is 2.24. The zero-order valence-corrected chi connectivity index (χ0v) is 15.9. The number of carbonyl (C=O) groups excluding carboxylic acids is 1. The maximum absolute atomic E-state index is 12.5. The lowest BCUT2D eigenvalue weighted by atomic mass is 9.94. The molecule has 1 aromatic carbocycles. The highest BCUT2D eigenvalue weighted by atomic mass is 35.5. The van der Waals surface area contributed by atoms with Crippen molar-refractivity contribution in [1.29, 1.82) is 0 Å². The van der Waals surface area contributed by atoms with Crippen LogP contribution in [-0.2, 0) is 16.1 Å². The van der Waals surface area contributed by atoms with E-state index in [2.05, 4.69) is 0 Å². The minimum absolute atomic E-state index is 0.0484. The van der Waals surface area contributed by atoms with Gasteiger partial charge in [-0.2, -0.15) is 0 Å². The van der Waals surface area contributed by atoms with Gasteiger partial charge in [0.05, 0.1) is 28.3 Å². The molecule has 0 saturated carbocycles. The first-order valence-corrected chi connectivity index (χ1v) is 9.23. The van der Waals surface area contributed by atoms with Crippen molar-refractivity contribution in [2.75, 3.05) is 13.1 Å². The molecule has 0 aliphatic carbocycles. The van der Waals surface area contributed by atoms with Crippen LogP contribution in [0.3, 0.4) is 0 Å². The first kappa shape index (κ1) is 19.5. The van der Waals surface area contributed by atoms with Gasteiger partial charge >= 0.3 is 0 Å². The molecule has 0 bridgehead atoms. The van der Waals surface area contributed by atoms with E-state index in [0.29, 0.717) is 36.2 Å². The fraction of sp³-hybridized carbons (Fsp3) is 0.611. The summed E-state index contributed by atoms with van der Waals surface area (Å²) in [4.78, 5) is 14.4. The predicted molar refractivity (Wildman–Crippen MR) is 98.4 cm³/mol. The topological polar surface area (TPSA) is 55.6 Å². The van der Waals surface area contributed by atoms with Crippen molar-refractivity contribution >= 4 is 29.1 Å². The Morgan fingerprint density at radius 1 is 1.33 bits per heavy atom. The molecule has 1 unspecified atom stereocenters. The van der Waals surface area contributed by atoms with E-state index in [0.717, 1.165) is 24.8 Å². The molecule has 1 aliphatic rings. The van der Waals surface area contributed by atoms with Crippen LogP contribution < -0.4 is 5.73 Å². The molecule has 24 heavy (non-hydrogen) atoms. The predicted octanol–water partition coefficient (Wildman–Crippen LogP) is 4.02. The number of halogens is 2. The Kier molecular flexibility index (Phi) is 6.93. The Bertz CT molecular complexity index is 570. The largest absolute Gasteiger partial charge is 0.373 e. The van der Waals surface area contributed by atoms with Crippen LogP contribution in [0.2, 0.25) is 10.0 Å². The van der Waals surface area contributed by atoms with Crippen LogP contribution in [0.15, 0.2) is 18.2 Å². The van der Waals surface area contributed by atoms with E-state index in [1.165, 1.54) is 0 Å². The minimum Gasteiger partial charge on any atom is -0.373 e. The van der Waals surface area contributed by atoms with Gasteiger partial charge in [0.15, 0.2) is 0 Å². The molecule has 1 heterocycles. The van der Waals surface area contributed by atoms with Crippen LogP contribution in [0.5, 0.6) is 0 Å². The lowest BCUT2D eigenvalue weighted by Crippen LogP contribution is -2.55. The van der Waals surface area contributed by atoms with Crippen molar-refractivity contribution in [1.82, 2.24) is 4.90 Å². The molecule has 134 valence electrons. The number of hydrogen-bond donors (Lipinski definition) is 1. The lowest BCUT2D eigenvalue weighted by Gasteiger charge is -2.36. The first-order valence-electron chi connectivity index (χ1n) is 8.47. The Morgan fingerprint density at radius 3 is 2.58 bits per heavy atom. The average molecular weight is 373 g/mol. The van der Waals surface area contributed by atoms with Gasteiger partial charge in [-0.15, -0.1) is 0 Å². The second kappa shape index (κ2) is 8.52. The number of carbonyl (C=O) groups is 1. The third-order valence-electron chi connectivity index (χ3n) is 4.46. The smallest absolute Gasteiger partial charge is 0.242 e. The number of nitrogens with two attached hydrogens (primary N) is 1. The Hall–Kier alpha value is -0.810. The fourth-order valence-corrected chi connectivity index (χ4v) is 3.38. The highest BCUT2D eigenvalue weighted by molar-refractivity contribution is 6.42. The molecule has 1 saturated heterocycles. The molecule has 6 heteroatoms. The van der Waals surface area contributed by atoms with Crippen molar-refractivity contribution in [3.05, 3.63) is 33.8 Å². The molecule has 0 aromatic heterocycles. The molecule has 4 nitrogen and oxygen atoms in total. The number of hydrogen-bond acceptors (Lipinski definition) is 3. The third kappa shape index (κ3) is 5.09. The van der Waals surface area contributed by atoms with Gasteiger partial charge in [-0.25, -0.2) is 0 Å². The van der Waals surface area contributed by atoms with Gasteiger partial charge in [0, 0.05) is 13.1 Å². The number of nitrogens with zero attached hydrogens (tertiary/aromatic N) is 1. The number of benzene rings is 1. The summed E-state index contributed by atoms with van der Waals surface area (Å²) in [7, 11) is 0. The van der Waals surface area contributed by atoms with E-state index in [9.17, 15) is 4.79 Å². The normalized spacial score (nSPS) is 18.5. The van der Waals surface area contributed by atoms with E-state index in [4.69, 9.17) is 33.7 Å². The summed E-state index contributed by atoms with van der Waals surface area (Å²) in [5.74, 6) is 0.0484. The molecule has 2 N–H and O–H groups in total. The van der Waals surface area contributed by atoms with Crippen molar-refractivity contribution < 1.29 is 9.53 Å². The molecular weight excluding hydrogens is 347 g/mol. The van der Waals surface area contributed by atoms with E-state index in [1.54, 1.807) is 6.07 Å². The zero-order chi connectivity index (χ0) is 17.7. The number of likely N-dealkylation sites (tertiary alicyclic amines) is 1. The number of amides is 1. The third-order valence-corrected chi connectivity index (χ3v) is 5.20. The van der Waals surface area contributed by atoms with E-state index < -0.39 is 5.54 Å². The molecular formula is C18H26Cl2N2O2. The quantitative estimate of drug-likeness (QED) is 0.820. The summed E-state index contributed by atoms with van der Waals surface area (Å²) in [6.07, 6.45) is 3.42. The van der Waals surface area contributed by atoms with E-state index >= 15 is 0 Å². The van der Waals surface area contributed by atoms with Crippen LogP contribution in [0.4, 0.5) is 0 Å². The van der Waals surface area contributed by atoms with Gasteiger partial charge in [-0.1, -0.05) is 42.6 Å². The van der Waals surface area contributed by atoms with Crippen molar-refractivity contribution in [2.24, 2.45) is 5.73 Å². The lowest BCUT2D eigenvalue weighted by molar-refractivity contribution is -0.139. The fourth-order valence-electron chi connectivity index (χ4n) is 3.06. The van der Waals surface area contributed by atoms with Gasteiger partial charge in [-0.05, 0) is 43.9 Å². The monoisotopic (exact) mass is 372 g/mol. The van der Waals surface area contributed by atoms with Crippen LogP contribution in [-0.4, -0.2) is 35.5 Å². The molecule has 1 aliphatic heterocycles. The average Bonchev–Trinajstić information content (AvgIpc) is 2.56. The zero-order valence-electron chi connectivity index (χ0n) is 14.4. The summed E-state index contributed by atoms with van der Waals surface area (Å²) in [5.41, 5.74) is 6.39. The molecule has 0 radical (unpaired) electrons. The van der Waals surface area contributed by atoms with Crippen LogP contribution >= 0.6 is 23.2 Å². The van der Waals surface area contributed by atoms with Crippen molar-refractivity contribution in [3.8, 4) is 0 Å². The van der Waals surface area contributed by atoms with Gasteiger partial charge < -0.3 is 15.4 Å². The molecule has 1 aromatic rings. The van der Waals surface area contributed by atoms with Gasteiger partial charge in [-0.3, -0.25) is 4.79 Å². The van der Waals surface area contributed by atoms with Crippen molar-refractivity contribution in [3.63, 3.8) is 0 Å². The van der Waals surface area contributed by atoms with E-state index in [1.807, 2.05) is 30.9 Å². The summed E-state index contributed by atoms with van der Waals surface area (Å²) in [5, 5.41) is 1.08. The molecule has 1 fully saturated rings. The maximum Gasteiger partial charge on any atom is 0.242 e. The van der Waals surface area contributed by atoms with Crippen LogP contribution in [0.25, 0.3) is 0 Å². The molecule has 2 rings (SSSR count).